The highest BCUT2D eigenvalue weighted by atomic mass is 35.5. The average molecular weight is 238 g/mol. The summed E-state index contributed by atoms with van der Waals surface area (Å²) in [5.74, 6) is 0. The Balaban J connectivity index is 1.87. The molecule has 0 aromatic heterocycles. The molecule has 1 aliphatic rings. The largest absolute Gasteiger partial charge is 0.350 e. The molecule has 84 valence electrons. The molecule has 0 N–H and O–H groups in total. The van der Waals surface area contributed by atoms with E-state index in [1.807, 2.05) is 24.3 Å². The lowest BCUT2D eigenvalue weighted by Crippen LogP contribution is -2.14. The summed E-state index contributed by atoms with van der Waals surface area (Å²) < 4.78 is 11.0. The van der Waals surface area contributed by atoms with Crippen molar-refractivity contribution in [3.63, 3.8) is 0 Å². The van der Waals surface area contributed by atoms with Gasteiger partial charge < -0.3 is 9.47 Å². The zero-order valence-electron chi connectivity index (χ0n) is 8.73. The van der Waals surface area contributed by atoms with Gasteiger partial charge >= 0.3 is 0 Å². The molecule has 4 heteroatoms. The Morgan fingerprint density at radius 1 is 1.38 bits per heavy atom. The number of benzene rings is 1. The van der Waals surface area contributed by atoms with E-state index in [2.05, 4.69) is 6.07 Å². The average Bonchev–Trinajstić information content (AvgIpc) is 2.70. The molecule has 1 aromatic carbocycles. The predicted octanol–water partition coefficient (Wildman–Crippen LogP) is 2.54. The van der Waals surface area contributed by atoms with Gasteiger partial charge in [0.2, 0.25) is 0 Å². The second kappa shape index (κ2) is 5.31. The van der Waals surface area contributed by atoms with E-state index in [4.69, 9.17) is 26.3 Å². The van der Waals surface area contributed by atoms with Crippen molar-refractivity contribution in [2.45, 2.75) is 25.2 Å². The first-order valence-corrected chi connectivity index (χ1v) is 5.54. The smallest absolute Gasteiger partial charge is 0.162 e. The summed E-state index contributed by atoms with van der Waals surface area (Å²) in [7, 11) is 0. The molecular formula is C12H12ClNO2. The Labute approximate surface area is 99.5 Å². The van der Waals surface area contributed by atoms with E-state index in [1.165, 1.54) is 0 Å². The van der Waals surface area contributed by atoms with Crippen molar-refractivity contribution < 1.29 is 9.47 Å². The summed E-state index contributed by atoms with van der Waals surface area (Å²) in [5, 5.41) is 9.25. The quantitative estimate of drug-likeness (QED) is 0.811. The van der Waals surface area contributed by atoms with Crippen molar-refractivity contribution >= 4 is 11.6 Å². The van der Waals surface area contributed by atoms with Crippen LogP contribution in [0.5, 0.6) is 0 Å². The summed E-state index contributed by atoms with van der Waals surface area (Å²) >= 11 is 5.79. The number of nitrogens with zero attached hydrogens (tertiary/aromatic N) is 1. The van der Waals surface area contributed by atoms with Gasteiger partial charge in [0.15, 0.2) is 6.29 Å². The Kier molecular flexibility index (Phi) is 3.79. The van der Waals surface area contributed by atoms with Crippen LogP contribution in [0.25, 0.3) is 0 Å². The maximum absolute atomic E-state index is 8.53. The van der Waals surface area contributed by atoms with Gasteiger partial charge in [-0.15, -0.1) is 0 Å². The van der Waals surface area contributed by atoms with Crippen LogP contribution in [-0.2, 0) is 15.9 Å². The number of ether oxygens (including phenoxy) is 2. The number of nitriles is 1. The molecule has 1 fully saturated rings. The van der Waals surface area contributed by atoms with Crippen molar-refractivity contribution in [1.29, 1.82) is 5.26 Å². The van der Waals surface area contributed by atoms with Crippen LogP contribution in [-0.4, -0.2) is 19.0 Å². The first kappa shape index (κ1) is 11.4. The van der Waals surface area contributed by atoms with Crippen molar-refractivity contribution in [1.82, 2.24) is 0 Å². The van der Waals surface area contributed by atoms with Crippen LogP contribution < -0.4 is 0 Å². The fourth-order valence-electron chi connectivity index (χ4n) is 1.64. The molecular weight excluding hydrogens is 226 g/mol. The summed E-state index contributed by atoms with van der Waals surface area (Å²) in [5.41, 5.74) is 1.12. The third-order valence-corrected chi connectivity index (χ3v) is 2.70. The van der Waals surface area contributed by atoms with Crippen LogP contribution in [0, 0.1) is 11.3 Å². The Bertz CT molecular complexity index is 385. The van der Waals surface area contributed by atoms with E-state index in [9.17, 15) is 0 Å². The van der Waals surface area contributed by atoms with E-state index in [0.29, 0.717) is 19.4 Å². The summed E-state index contributed by atoms with van der Waals surface area (Å²) in [6, 6.07) is 9.67. The van der Waals surface area contributed by atoms with E-state index in [0.717, 1.165) is 10.6 Å². The highest BCUT2D eigenvalue weighted by molar-refractivity contribution is 6.30. The lowest BCUT2D eigenvalue weighted by atomic mass is 10.1. The zero-order chi connectivity index (χ0) is 11.4. The van der Waals surface area contributed by atoms with Gasteiger partial charge in [0.05, 0.1) is 25.2 Å². The van der Waals surface area contributed by atoms with Crippen LogP contribution in [0.2, 0.25) is 5.02 Å². The second-order valence-corrected chi connectivity index (χ2v) is 4.15. The van der Waals surface area contributed by atoms with Gasteiger partial charge in [-0.05, 0) is 17.7 Å². The van der Waals surface area contributed by atoms with Gasteiger partial charge in [0.1, 0.15) is 0 Å². The number of rotatable bonds is 3. The molecule has 1 heterocycles. The van der Waals surface area contributed by atoms with Crippen molar-refractivity contribution in [2.75, 3.05) is 6.61 Å². The van der Waals surface area contributed by atoms with Gasteiger partial charge in [-0.25, -0.2) is 0 Å². The number of halogens is 1. The van der Waals surface area contributed by atoms with Gasteiger partial charge in [-0.1, -0.05) is 23.7 Å². The molecule has 1 aliphatic heterocycles. The maximum atomic E-state index is 8.53. The lowest BCUT2D eigenvalue weighted by molar-refractivity contribution is -0.0548. The molecule has 0 radical (unpaired) electrons. The molecule has 0 spiro atoms. The first-order valence-electron chi connectivity index (χ1n) is 5.16. The highest BCUT2D eigenvalue weighted by Gasteiger charge is 2.25. The molecule has 1 aromatic rings. The first-order chi connectivity index (χ1) is 7.78. The van der Waals surface area contributed by atoms with E-state index < -0.39 is 0 Å². The zero-order valence-corrected chi connectivity index (χ0v) is 9.48. The van der Waals surface area contributed by atoms with Crippen molar-refractivity contribution in [3.8, 4) is 6.07 Å². The van der Waals surface area contributed by atoms with Crippen LogP contribution >= 0.6 is 11.6 Å². The van der Waals surface area contributed by atoms with E-state index >= 15 is 0 Å². The topological polar surface area (TPSA) is 42.2 Å². The standard InChI is InChI=1S/C12H12ClNO2/c13-10-3-1-9(2-4-10)7-12-15-8-11(16-12)5-6-14/h1-4,11-12H,5,7-8H2. The van der Waals surface area contributed by atoms with Crippen LogP contribution in [0.4, 0.5) is 0 Å². The van der Waals surface area contributed by atoms with Crippen LogP contribution in [0.1, 0.15) is 12.0 Å². The predicted molar refractivity (Wildman–Crippen MR) is 60.0 cm³/mol. The van der Waals surface area contributed by atoms with Crippen LogP contribution in [0.3, 0.4) is 0 Å². The minimum absolute atomic E-state index is 0.0812. The third-order valence-electron chi connectivity index (χ3n) is 2.45. The Morgan fingerprint density at radius 2 is 2.12 bits per heavy atom. The summed E-state index contributed by atoms with van der Waals surface area (Å²) in [4.78, 5) is 0. The van der Waals surface area contributed by atoms with E-state index in [-0.39, 0.29) is 12.4 Å². The maximum Gasteiger partial charge on any atom is 0.162 e. The normalized spacial score (nSPS) is 24.2. The second-order valence-electron chi connectivity index (χ2n) is 3.71. The minimum atomic E-state index is -0.237. The van der Waals surface area contributed by atoms with Crippen molar-refractivity contribution in [3.05, 3.63) is 34.9 Å². The molecule has 16 heavy (non-hydrogen) atoms. The molecule has 0 aliphatic carbocycles. The molecule has 2 atom stereocenters. The fraction of sp³-hybridized carbons (Fsp3) is 0.417. The third kappa shape index (κ3) is 2.96. The van der Waals surface area contributed by atoms with Gasteiger partial charge in [0, 0.05) is 11.4 Å². The Hall–Kier alpha value is -1.08. The Morgan fingerprint density at radius 3 is 2.81 bits per heavy atom. The van der Waals surface area contributed by atoms with Gasteiger partial charge in [-0.2, -0.15) is 5.26 Å². The van der Waals surface area contributed by atoms with Gasteiger partial charge in [-0.3, -0.25) is 0 Å². The highest BCUT2D eigenvalue weighted by Crippen LogP contribution is 2.19. The molecule has 0 bridgehead atoms. The monoisotopic (exact) mass is 237 g/mol. The van der Waals surface area contributed by atoms with E-state index in [1.54, 1.807) is 0 Å². The SMILES string of the molecule is N#CCC1COC(Cc2ccc(Cl)cc2)O1. The molecule has 2 rings (SSSR count). The number of hydrogen-bond acceptors (Lipinski definition) is 3. The molecule has 2 unspecified atom stereocenters. The van der Waals surface area contributed by atoms with Crippen LogP contribution in [0.15, 0.2) is 24.3 Å². The number of hydrogen-bond donors (Lipinski definition) is 0. The minimum Gasteiger partial charge on any atom is -0.350 e. The van der Waals surface area contributed by atoms with Gasteiger partial charge in [0.25, 0.3) is 0 Å². The summed E-state index contributed by atoms with van der Waals surface area (Å²) in [6.45, 7) is 0.506. The lowest BCUT2D eigenvalue weighted by Gasteiger charge is -2.09. The van der Waals surface area contributed by atoms with Crippen molar-refractivity contribution in [2.24, 2.45) is 0 Å². The molecule has 3 nitrogen and oxygen atoms in total. The fourth-order valence-corrected chi connectivity index (χ4v) is 1.76. The molecule has 0 amide bonds. The molecule has 1 saturated heterocycles. The molecule has 0 saturated carbocycles. The summed E-state index contributed by atoms with van der Waals surface area (Å²) in [6.07, 6.45) is 0.762.